The summed E-state index contributed by atoms with van der Waals surface area (Å²) < 4.78 is 13.9. The maximum Gasteiger partial charge on any atom is 0.255 e. The van der Waals surface area contributed by atoms with E-state index in [4.69, 9.17) is 11.6 Å². The van der Waals surface area contributed by atoms with E-state index < -0.39 is 5.82 Å². The van der Waals surface area contributed by atoms with Gasteiger partial charge in [0.1, 0.15) is 5.82 Å². The van der Waals surface area contributed by atoms with Gasteiger partial charge in [0.15, 0.2) is 5.78 Å². The molecule has 0 N–H and O–H groups in total. The summed E-state index contributed by atoms with van der Waals surface area (Å²) in [6.07, 6.45) is 0. The standard InChI is InChI=1S/C20H20ClFN2O2/c1-14-6-7-18(22)16(12-14)19(25)13-23-8-10-24(11-9-23)20(26)15-4-2-3-5-17(15)21/h2-7,12H,8-11,13H2,1H3. The molecule has 136 valence electrons. The number of halogens is 2. The topological polar surface area (TPSA) is 40.6 Å². The second-order valence-corrected chi connectivity index (χ2v) is 6.86. The molecule has 26 heavy (non-hydrogen) atoms. The van der Waals surface area contributed by atoms with E-state index in [1.807, 2.05) is 11.8 Å². The third-order valence-corrected chi connectivity index (χ3v) is 4.88. The molecule has 0 aromatic heterocycles. The second-order valence-electron chi connectivity index (χ2n) is 6.45. The number of hydrogen-bond donors (Lipinski definition) is 0. The molecule has 0 saturated carbocycles. The average molecular weight is 375 g/mol. The molecule has 0 bridgehead atoms. The Bertz CT molecular complexity index is 832. The minimum atomic E-state index is -0.492. The van der Waals surface area contributed by atoms with E-state index in [2.05, 4.69) is 0 Å². The number of ketones is 1. The summed E-state index contributed by atoms with van der Waals surface area (Å²) in [4.78, 5) is 28.6. The Morgan fingerprint density at radius 1 is 1.04 bits per heavy atom. The minimum Gasteiger partial charge on any atom is -0.336 e. The highest BCUT2D eigenvalue weighted by Gasteiger charge is 2.25. The van der Waals surface area contributed by atoms with Crippen LogP contribution >= 0.6 is 11.6 Å². The Balaban J connectivity index is 1.59. The number of aryl methyl sites for hydroxylation is 1. The molecule has 0 aliphatic carbocycles. The van der Waals surface area contributed by atoms with Crippen LogP contribution in [0.25, 0.3) is 0 Å². The van der Waals surface area contributed by atoms with E-state index in [0.29, 0.717) is 36.8 Å². The van der Waals surface area contributed by atoms with Crippen LogP contribution < -0.4 is 0 Å². The van der Waals surface area contributed by atoms with E-state index in [1.165, 1.54) is 6.07 Å². The van der Waals surface area contributed by atoms with Gasteiger partial charge in [-0.2, -0.15) is 0 Å². The van der Waals surface area contributed by atoms with Crippen LogP contribution in [0.4, 0.5) is 4.39 Å². The van der Waals surface area contributed by atoms with Crippen molar-refractivity contribution in [2.24, 2.45) is 0 Å². The zero-order valence-electron chi connectivity index (χ0n) is 14.5. The zero-order valence-corrected chi connectivity index (χ0v) is 15.3. The lowest BCUT2D eigenvalue weighted by atomic mass is 10.1. The summed E-state index contributed by atoms with van der Waals surface area (Å²) in [5.41, 5.74) is 1.46. The molecular weight excluding hydrogens is 355 g/mol. The predicted molar refractivity (Wildman–Crippen MR) is 99.3 cm³/mol. The van der Waals surface area contributed by atoms with Crippen molar-refractivity contribution in [3.63, 3.8) is 0 Å². The van der Waals surface area contributed by atoms with Gasteiger partial charge < -0.3 is 4.90 Å². The molecule has 2 aromatic rings. The van der Waals surface area contributed by atoms with Gasteiger partial charge in [0.2, 0.25) is 0 Å². The van der Waals surface area contributed by atoms with Crippen molar-refractivity contribution in [1.82, 2.24) is 9.80 Å². The molecule has 1 aliphatic heterocycles. The molecular formula is C20H20ClFN2O2. The molecule has 1 saturated heterocycles. The van der Waals surface area contributed by atoms with Crippen molar-refractivity contribution in [2.45, 2.75) is 6.92 Å². The number of rotatable bonds is 4. The van der Waals surface area contributed by atoms with Crippen LogP contribution in [-0.4, -0.2) is 54.2 Å². The quantitative estimate of drug-likeness (QED) is 0.770. The van der Waals surface area contributed by atoms with E-state index in [0.717, 1.165) is 5.56 Å². The predicted octanol–water partition coefficient (Wildman–Crippen LogP) is 3.43. The lowest BCUT2D eigenvalue weighted by Crippen LogP contribution is -2.50. The maximum absolute atomic E-state index is 13.9. The Morgan fingerprint density at radius 3 is 2.42 bits per heavy atom. The fourth-order valence-electron chi connectivity index (χ4n) is 3.06. The molecule has 1 heterocycles. The van der Waals surface area contributed by atoms with Gasteiger partial charge in [-0.05, 0) is 31.2 Å². The fourth-order valence-corrected chi connectivity index (χ4v) is 3.27. The van der Waals surface area contributed by atoms with Crippen LogP contribution in [0.15, 0.2) is 42.5 Å². The Kier molecular flexibility index (Phi) is 5.69. The number of nitrogens with zero attached hydrogens (tertiary/aromatic N) is 2. The molecule has 3 rings (SSSR count). The molecule has 1 aliphatic rings. The number of piperazine rings is 1. The summed E-state index contributed by atoms with van der Waals surface area (Å²) in [5.74, 6) is -0.837. The highest BCUT2D eigenvalue weighted by Crippen LogP contribution is 2.18. The van der Waals surface area contributed by atoms with Gasteiger partial charge in [-0.1, -0.05) is 35.4 Å². The fraction of sp³-hybridized carbons (Fsp3) is 0.300. The molecule has 0 atom stereocenters. The van der Waals surface area contributed by atoms with Crippen molar-refractivity contribution in [3.8, 4) is 0 Å². The van der Waals surface area contributed by atoms with Crippen LogP contribution in [-0.2, 0) is 0 Å². The first kappa shape index (κ1) is 18.5. The third kappa shape index (κ3) is 4.11. The van der Waals surface area contributed by atoms with E-state index in [9.17, 15) is 14.0 Å². The van der Waals surface area contributed by atoms with E-state index in [-0.39, 0.29) is 23.8 Å². The summed E-state index contributed by atoms with van der Waals surface area (Å²) in [5, 5.41) is 0.435. The molecule has 1 amide bonds. The van der Waals surface area contributed by atoms with Gasteiger partial charge in [-0.3, -0.25) is 14.5 Å². The summed E-state index contributed by atoms with van der Waals surface area (Å²) in [6.45, 7) is 4.12. The zero-order chi connectivity index (χ0) is 18.7. The molecule has 0 unspecified atom stereocenters. The van der Waals surface area contributed by atoms with E-state index in [1.54, 1.807) is 41.3 Å². The molecule has 6 heteroatoms. The smallest absolute Gasteiger partial charge is 0.255 e. The normalized spacial score (nSPS) is 15.1. The maximum atomic E-state index is 13.9. The van der Waals surface area contributed by atoms with Crippen LogP contribution in [0, 0.1) is 12.7 Å². The van der Waals surface area contributed by atoms with Crippen LogP contribution in [0.1, 0.15) is 26.3 Å². The van der Waals surface area contributed by atoms with Crippen molar-refractivity contribution < 1.29 is 14.0 Å². The molecule has 0 spiro atoms. The highest BCUT2D eigenvalue weighted by atomic mass is 35.5. The van der Waals surface area contributed by atoms with Gasteiger partial charge in [-0.25, -0.2) is 4.39 Å². The number of carbonyl (C=O) groups is 2. The van der Waals surface area contributed by atoms with Crippen molar-refractivity contribution in [3.05, 3.63) is 70.0 Å². The number of Topliss-reactive ketones (excluding diaryl/α,β-unsaturated/α-hetero) is 1. The second kappa shape index (κ2) is 7.98. The number of amides is 1. The SMILES string of the molecule is Cc1ccc(F)c(C(=O)CN2CCN(C(=O)c3ccccc3Cl)CC2)c1. The van der Waals surface area contributed by atoms with Crippen molar-refractivity contribution in [2.75, 3.05) is 32.7 Å². The third-order valence-electron chi connectivity index (χ3n) is 4.55. The Hall–Kier alpha value is -2.24. The number of carbonyl (C=O) groups excluding carboxylic acids is 2. The summed E-state index contributed by atoms with van der Waals surface area (Å²) in [6, 6.07) is 11.5. The van der Waals surface area contributed by atoms with Crippen LogP contribution in [0.5, 0.6) is 0 Å². The Morgan fingerprint density at radius 2 is 1.73 bits per heavy atom. The first-order chi connectivity index (χ1) is 12.5. The largest absolute Gasteiger partial charge is 0.336 e. The van der Waals surface area contributed by atoms with Gasteiger partial charge in [0.25, 0.3) is 5.91 Å². The first-order valence-corrected chi connectivity index (χ1v) is 8.89. The molecule has 4 nitrogen and oxygen atoms in total. The average Bonchev–Trinajstić information content (AvgIpc) is 2.64. The van der Waals surface area contributed by atoms with Crippen molar-refractivity contribution in [1.29, 1.82) is 0 Å². The van der Waals surface area contributed by atoms with Gasteiger partial charge >= 0.3 is 0 Å². The number of hydrogen-bond acceptors (Lipinski definition) is 3. The first-order valence-electron chi connectivity index (χ1n) is 8.51. The number of benzene rings is 2. The lowest BCUT2D eigenvalue weighted by Gasteiger charge is -2.34. The Labute approximate surface area is 157 Å². The summed E-state index contributed by atoms with van der Waals surface area (Å²) in [7, 11) is 0. The molecule has 2 aromatic carbocycles. The minimum absolute atomic E-state index is 0.105. The van der Waals surface area contributed by atoms with Gasteiger partial charge in [0, 0.05) is 26.2 Å². The van der Waals surface area contributed by atoms with Gasteiger partial charge in [0.05, 0.1) is 22.7 Å². The van der Waals surface area contributed by atoms with Crippen LogP contribution in [0.2, 0.25) is 5.02 Å². The highest BCUT2D eigenvalue weighted by molar-refractivity contribution is 6.33. The monoisotopic (exact) mass is 374 g/mol. The summed E-state index contributed by atoms with van der Waals surface area (Å²) >= 11 is 6.09. The van der Waals surface area contributed by atoms with Crippen LogP contribution in [0.3, 0.4) is 0 Å². The molecule has 0 radical (unpaired) electrons. The van der Waals surface area contributed by atoms with Crippen molar-refractivity contribution >= 4 is 23.3 Å². The lowest BCUT2D eigenvalue weighted by molar-refractivity contribution is 0.0624. The molecule has 1 fully saturated rings. The van der Waals surface area contributed by atoms with E-state index >= 15 is 0 Å². The van der Waals surface area contributed by atoms with Gasteiger partial charge in [-0.15, -0.1) is 0 Å².